The normalized spacial score (nSPS) is 11.0. The van der Waals surface area contributed by atoms with Crippen LogP contribution in [0.3, 0.4) is 0 Å². The van der Waals surface area contributed by atoms with Crippen LogP contribution >= 0.6 is 22.6 Å². The highest BCUT2D eigenvalue weighted by Gasteiger charge is 2.13. The number of nitrogens with zero attached hydrogens (tertiary/aromatic N) is 4. The molecule has 0 aliphatic carbocycles. The fraction of sp³-hybridized carbons (Fsp3) is 0.222. The maximum absolute atomic E-state index is 12.7. The van der Waals surface area contributed by atoms with Crippen molar-refractivity contribution >= 4 is 34.2 Å². The van der Waals surface area contributed by atoms with Crippen molar-refractivity contribution in [1.82, 2.24) is 19.2 Å². The molecule has 0 aliphatic heterocycles. The van der Waals surface area contributed by atoms with E-state index in [1.807, 2.05) is 72.1 Å². The van der Waals surface area contributed by atoms with Gasteiger partial charge in [-0.2, -0.15) is 5.10 Å². The predicted molar refractivity (Wildman–Crippen MR) is 107 cm³/mol. The first-order valence-electron chi connectivity index (χ1n) is 7.95. The monoisotopic (exact) mass is 449 g/mol. The summed E-state index contributed by atoms with van der Waals surface area (Å²) in [5.41, 5.74) is 2.24. The van der Waals surface area contributed by atoms with Crippen molar-refractivity contribution in [2.75, 3.05) is 26.0 Å². The molecule has 1 aromatic carbocycles. The minimum Gasteiger partial charge on any atom is -0.318 e. The van der Waals surface area contributed by atoms with Crippen molar-refractivity contribution in [2.45, 2.75) is 6.54 Å². The number of carbonyl (C=O) groups is 1. The molecule has 7 heteroatoms. The van der Waals surface area contributed by atoms with E-state index < -0.39 is 0 Å². The molecule has 3 aromatic rings. The Labute approximate surface area is 160 Å². The number of benzene rings is 1. The van der Waals surface area contributed by atoms with E-state index in [-0.39, 0.29) is 5.91 Å². The first-order valence-corrected chi connectivity index (χ1v) is 9.02. The molecule has 2 heterocycles. The van der Waals surface area contributed by atoms with Crippen LogP contribution in [0.1, 0.15) is 10.5 Å². The van der Waals surface area contributed by atoms with E-state index in [1.165, 1.54) is 0 Å². The number of hydrogen-bond acceptors (Lipinski definition) is 3. The Morgan fingerprint density at radius 1 is 1.28 bits per heavy atom. The number of halogens is 1. The van der Waals surface area contributed by atoms with Crippen LogP contribution in [0.25, 0.3) is 5.69 Å². The fourth-order valence-electron chi connectivity index (χ4n) is 2.47. The zero-order chi connectivity index (χ0) is 17.8. The molecular formula is C18H20IN5O. The van der Waals surface area contributed by atoms with Gasteiger partial charge in [0.05, 0.1) is 18.4 Å². The summed E-state index contributed by atoms with van der Waals surface area (Å²) in [7, 11) is 4.04. The number of rotatable bonds is 6. The van der Waals surface area contributed by atoms with E-state index >= 15 is 0 Å². The van der Waals surface area contributed by atoms with Gasteiger partial charge in [-0.25, -0.2) is 0 Å². The van der Waals surface area contributed by atoms with Gasteiger partial charge in [0.25, 0.3) is 5.91 Å². The third-order valence-corrected chi connectivity index (χ3v) is 4.41. The molecule has 3 rings (SSSR count). The number of aromatic nitrogens is 3. The molecule has 1 amide bonds. The van der Waals surface area contributed by atoms with Gasteiger partial charge in [-0.05, 0) is 67.0 Å². The summed E-state index contributed by atoms with van der Waals surface area (Å²) in [5.74, 6) is -0.156. The van der Waals surface area contributed by atoms with Gasteiger partial charge in [-0.1, -0.05) is 6.07 Å². The number of hydrogen-bond donors (Lipinski definition) is 1. The number of amides is 1. The molecule has 0 fully saturated rings. The molecule has 130 valence electrons. The van der Waals surface area contributed by atoms with Gasteiger partial charge in [0.1, 0.15) is 5.69 Å². The second kappa shape index (κ2) is 7.83. The number of anilines is 1. The summed E-state index contributed by atoms with van der Waals surface area (Å²) in [4.78, 5) is 14.7. The Hall–Kier alpha value is -2.13. The van der Waals surface area contributed by atoms with Crippen molar-refractivity contribution in [1.29, 1.82) is 0 Å². The zero-order valence-corrected chi connectivity index (χ0v) is 16.3. The molecule has 0 radical (unpaired) electrons. The summed E-state index contributed by atoms with van der Waals surface area (Å²) in [6.07, 6.45) is 5.41. The molecule has 0 spiro atoms. The predicted octanol–water partition coefficient (Wildman–Crippen LogP) is 3.09. The van der Waals surface area contributed by atoms with E-state index in [0.717, 1.165) is 22.3 Å². The molecule has 0 aliphatic rings. The first kappa shape index (κ1) is 17.7. The lowest BCUT2D eigenvalue weighted by Gasteiger charge is -2.10. The molecule has 1 N–H and O–H groups in total. The quantitative estimate of drug-likeness (QED) is 0.589. The maximum Gasteiger partial charge on any atom is 0.272 e. The van der Waals surface area contributed by atoms with Crippen molar-refractivity contribution < 1.29 is 4.79 Å². The number of carbonyl (C=O) groups excluding carboxylic acids is 1. The smallest absolute Gasteiger partial charge is 0.272 e. The van der Waals surface area contributed by atoms with Crippen molar-refractivity contribution in [3.05, 3.63) is 64.3 Å². The second-order valence-corrected chi connectivity index (χ2v) is 7.24. The third kappa shape index (κ3) is 4.49. The van der Waals surface area contributed by atoms with Crippen LogP contribution in [0, 0.1) is 3.57 Å². The minimum absolute atomic E-state index is 0.156. The molecule has 0 atom stereocenters. The molecule has 25 heavy (non-hydrogen) atoms. The van der Waals surface area contributed by atoms with Crippen LogP contribution in [0.2, 0.25) is 0 Å². The Balaban J connectivity index is 1.73. The molecule has 6 nitrogen and oxygen atoms in total. The highest BCUT2D eigenvalue weighted by molar-refractivity contribution is 14.1. The molecule has 2 aromatic heterocycles. The minimum atomic E-state index is -0.156. The summed E-state index contributed by atoms with van der Waals surface area (Å²) in [6, 6.07) is 11.7. The van der Waals surface area contributed by atoms with Gasteiger partial charge >= 0.3 is 0 Å². The van der Waals surface area contributed by atoms with E-state index in [2.05, 4.69) is 37.9 Å². The summed E-state index contributed by atoms with van der Waals surface area (Å²) >= 11 is 2.26. The topological polar surface area (TPSA) is 55.1 Å². The standard InChI is InChI=1S/C18H20IN5O/c1-22(2)9-10-23-13-15(12-20-23)21-18(25)17-7-4-8-24(17)16-6-3-5-14(19)11-16/h3-8,11-13H,9-10H2,1-2H3,(H,21,25). The average Bonchev–Trinajstić information content (AvgIpc) is 3.22. The fourth-order valence-corrected chi connectivity index (χ4v) is 2.99. The van der Waals surface area contributed by atoms with Crippen LogP contribution in [-0.2, 0) is 6.54 Å². The number of likely N-dealkylation sites (N-methyl/N-ethyl adjacent to an activating group) is 1. The lowest BCUT2D eigenvalue weighted by Crippen LogP contribution is -2.18. The SMILES string of the molecule is CN(C)CCn1cc(NC(=O)c2cccn2-c2cccc(I)c2)cn1. The highest BCUT2D eigenvalue weighted by Crippen LogP contribution is 2.17. The Kier molecular flexibility index (Phi) is 5.54. The van der Waals surface area contributed by atoms with E-state index in [1.54, 1.807) is 6.20 Å². The summed E-state index contributed by atoms with van der Waals surface area (Å²) < 4.78 is 4.83. The van der Waals surface area contributed by atoms with Crippen LogP contribution in [-0.4, -0.2) is 45.8 Å². The van der Waals surface area contributed by atoms with Crippen molar-refractivity contribution in [3.8, 4) is 5.69 Å². The second-order valence-electron chi connectivity index (χ2n) is 5.99. The molecule has 0 saturated heterocycles. The van der Waals surface area contributed by atoms with Gasteiger partial charge < -0.3 is 14.8 Å². The Morgan fingerprint density at radius 3 is 2.88 bits per heavy atom. The van der Waals surface area contributed by atoms with E-state index in [9.17, 15) is 4.79 Å². The molecule has 0 bridgehead atoms. The third-order valence-electron chi connectivity index (χ3n) is 3.74. The molecule has 0 saturated carbocycles. The molecule has 0 unspecified atom stereocenters. The van der Waals surface area contributed by atoms with Crippen LogP contribution in [0.5, 0.6) is 0 Å². The van der Waals surface area contributed by atoms with Crippen molar-refractivity contribution in [2.24, 2.45) is 0 Å². The molecular weight excluding hydrogens is 429 g/mol. The largest absolute Gasteiger partial charge is 0.318 e. The zero-order valence-electron chi connectivity index (χ0n) is 14.2. The van der Waals surface area contributed by atoms with Gasteiger partial charge in [0.15, 0.2) is 0 Å². The summed E-state index contributed by atoms with van der Waals surface area (Å²) in [5, 5.41) is 7.20. The van der Waals surface area contributed by atoms with Gasteiger partial charge in [-0.15, -0.1) is 0 Å². The van der Waals surface area contributed by atoms with E-state index in [4.69, 9.17) is 0 Å². The number of nitrogens with one attached hydrogen (secondary N) is 1. The Morgan fingerprint density at radius 2 is 2.12 bits per heavy atom. The van der Waals surface area contributed by atoms with E-state index in [0.29, 0.717) is 11.4 Å². The van der Waals surface area contributed by atoms with Gasteiger partial charge in [0, 0.05) is 28.2 Å². The van der Waals surface area contributed by atoms with Crippen LogP contribution in [0.15, 0.2) is 55.0 Å². The van der Waals surface area contributed by atoms with Crippen LogP contribution in [0.4, 0.5) is 5.69 Å². The Bertz CT molecular complexity index is 868. The first-order chi connectivity index (χ1) is 12.0. The lowest BCUT2D eigenvalue weighted by molar-refractivity contribution is 0.102. The summed E-state index contributed by atoms with van der Waals surface area (Å²) in [6.45, 7) is 1.67. The average molecular weight is 449 g/mol. The van der Waals surface area contributed by atoms with Gasteiger partial charge in [-0.3, -0.25) is 9.48 Å². The van der Waals surface area contributed by atoms with Gasteiger partial charge in [0.2, 0.25) is 0 Å². The maximum atomic E-state index is 12.7. The highest BCUT2D eigenvalue weighted by atomic mass is 127. The van der Waals surface area contributed by atoms with Crippen LogP contribution < -0.4 is 5.32 Å². The van der Waals surface area contributed by atoms with Crippen molar-refractivity contribution in [3.63, 3.8) is 0 Å². The lowest BCUT2D eigenvalue weighted by atomic mass is 10.3.